The molecule has 0 bridgehead atoms. The monoisotopic (exact) mass is 695 g/mol. The highest BCUT2D eigenvalue weighted by atomic mass is 19.4. The van der Waals surface area contributed by atoms with Gasteiger partial charge < -0.3 is 31.1 Å². The molecule has 2 amide bonds. The summed E-state index contributed by atoms with van der Waals surface area (Å²) >= 11 is 0. The number of rotatable bonds is 8. The lowest BCUT2D eigenvalue weighted by molar-refractivity contribution is -0.192. The van der Waals surface area contributed by atoms with Gasteiger partial charge >= 0.3 is 24.3 Å². The fourth-order valence-electron chi connectivity index (χ4n) is 4.00. The van der Waals surface area contributed by atoms with E-state index >= 15 is 0 Å². The number of esters is 1. The molecule has 0 aliphatic carbocycles. The number of alkyl halides is 7. The number of carbonyl (C=O) groups excluding carboxylic acids is 3. The molecule has 13 nitrogen and oxygen atoms in total. The molecule has 0 spiro atoms. The van der Waals surface area contributed by atoms with Gasteiger partial charge in [-0.2, -0.15) is 31.4 Å². The van der Waals surface area contributed by atoms with Crippen LogP contribution in [0.5, 0.6) is 0 Å². The highest BCUT2D eigenvalue weighted by molar-refractivity contribution is 6.07. The van der Waals surface area contributed by atoms with Crippen molar-refractivity contribution in [2.45, 2.75) is 31.0 Å². The number of aromatic nitrogens is 2. The molecule has 2 heterocycles. The molecule has 260 valence electrons. The van der Waals surface area contributed by atoms with E-state index in [-0.39, 0.29) is 24.6 Å². The number of benzene rings is 2. The van der Waals surface area contributed by atoms with Crippen LogP contribution >= 0.6 is 0 Å². The number of aliphatic imine (C=N–C) groups is 1. The topological polar surface area (TPSA) is 187 Å². The van der Waals surface area contributed by atoms with Crippen molar-refractivity contribution in [2.24, 2.45) is 4.99 Å². The zero-order valence-electron chi connectivity index (χ0n) is 24.4. The number of methoxy groups -OCH3 is 1. The number of hydrogen-bond acceptors (Lipinski definition) is 9. The minimum atomic E-state index is -5.08. The predicted octanol–water partition coefficient (Wildman–Crippen LogP) is 3.21. The van der Waals surface area contributed by atoms with Crippen LogP contribution in [-0.2, 0) is 25.3 Å². The number of fused-ring (bicyclic) bond motifs is 1. The second-order valence-electron chi connectivity index (χ2n) is 9.77. The molecule has 21 heteroatoms. The molecule has 0 saturated carbocycles. The lowest BCUT2D eigenvalue weighted by atomic mass is 10.00. The van der Waals surface area contributed by atoms with Crippen LogP contribution in [0.15, 0.2) is 41.5 Å². The van der Waals surface area contributed by atoms with E-state index < -0.39 is 78.2 Å². The quantitative estimate of drug-likeness (QED) is 0.152. The van der Waals surface area contributed by atoms with Crippen molar-refractivity contribution < 1.29 is 64.1 Å². The number of H-pyrrole nitrogens is 1. The Bertz CT molecular complexity index is 1690. The summed E-state index contributed by atoms with van der Waals surface area (Å²) in [5.41, 5.74) is -0.797. The van der Waals surface area contributed by atoms with Gasteiger partial charge in [-0.3, -0.25) is 19.5 Å². The molecule has 2 aromatic carbocycles. The van der Waals surface area contributed by atoms with Crippen molar-refractivity contribution in [3.8, 4) is 0 Å². The summed E-state index contributed by atoms with van der Waals surface area (Å²) in [4.78, 5) is 50.3. The van der Waals surface area contributed by atoms with Gasteiger partial charge in [-0.25, -0.2) is 18.6 Å². The number of nitrogens with zero attached hydrogens (tertiary/aromatic N) is 2. The third-order valence-corrected chi connectivity index (χ3v) is 6.30. The average molecular weight is 696 g/mol. The van der Waals surface area contributed by atoms with Crippen LogP contribution in [0.2, 0.25) is 0 Å². The fourth-order valence-corrected chi connectivity index (χ4v) is 4.00. The summed E-state index contributed by atoms with van der Waals surface area (Å²) < 4.78 is 104. The SMILES string of the molecule is COC(=O)C[C@H](NC(=O)CNC(=O)c1cc(NC2=NCC(F)CN2)c2cn[nH]c2c1)c1cc(C(F)(F)F)ccc1F.O=C(O)C(F)(F)F. The number of carbonyl (C=O) groups is 4. The number of carboxylic acids is 1. The van der Waals surface area contributed by atoms with E-state index in [2.05, 4.69) is 41.2 Å². The zero-order chi connectivity index (χ0) is 35.8. The molecule has 4 rings (SSSR count). The zero-order valence-corrected chi connectivity index (χ0v) is 24.4. The Labute approximate surface area is 264 Å². The van der Waals surface area contributed by atoms with Crippen molar-refractivity contribution >= 4 is 46.3 Å². The number of aromatic amines is 1. The van der Waals surface area contributed by atoms with Gasteiger partial charge in [0.2, 0.25) is 5.91 Å². The van der Waals surface area contributed by atoms with Gasteiger partial charge in [-0.05, 0) is 30.3 Å². The van der Waals surface area contributed by atoms with E-state index in [1.54, 1.807) is 0 Å². The molecule has 48 heavy (non-hydrogen) atoms. The number of guanidine groups is 1. The number of aliphatic carboxylic acids is 1. The van der Waals surface area contributed by atoms with E-state index in [9.17, 15) is 49.5 Å². The van der Waals surface area contributed by atoms with Crippen molar-refractivity contribution in [1.82, 2.24) is 26.1 Å². The van der Waals surface area contributed by atoms with Crippen LogP contribution in [0.3, 0.4) is 0 Å². The van der Waals surface area contributed by atoms with Gasteiger partial charge in [-0.1, -0.05) is 0 Å². The van der Waals surface area contributed by atoms with Crippen LogP contribution in [0.4, 0.5) is 40.8 Å². The van der Waals surface area contributed by atoms with Crippen molar-refractivity contribution in [3.63, 3.8) is 0 Å². The molecule has 3 aromatic rings. The second kappa shape index (κ2) is 15.4. The molecule has 0 fully saturated rings. The van der Waals surface area contributed by atoms with Crippen molar-refractivity contribution in [1.29, 1.82) is 0 Å². The Morgan fingerprint density at radius 1 is 1.10 bits per heavy atom. The van der Waals surface area contributed by atoms with Gasteiger partial charge in [-0.15, -0.1) is 0 Å². The van der Waals surface area contributed by atoms with E-state index in [0.717, 1.165) is 7.11 Å². The Kier molecular flexibility index (Phi) is 11.9. The van der Waals surface area contributed by atoms with E-state index in [1.165, 1.54) is 18.3 Å². The first kappa shape index (κ1) is 37.0. The summed E-state index contributed by atoms with van der Waals surface area (Å²) in [5.74, 6) is -6.08. The molecule has 0 radical (unpaired) electrons. The maximum absolute atomic E-state index is 14.5. The van der Waals surface area contributed by atoms with Crippen LogP contribution in [-0.4, -0.2) is 84.1 Å². The van der Waals surface area contributed by atoms with Crippen LogP contribution in [0.1, 0.15) is 33.9 Å². The largest absolute Gasteiger partial charge is 0.490 e. The van der Waals surface area contributed by atoms with Crippen LogP contribution < -0.4 is 21.3 Å². The first-order valence-electron chi connectivity index (χ1n) is 13.4. The normalized spacial score (nSPS) is 15.2. The Morgan fingerprint density at radius 3 is 2.38 bits per heavy atom. The summed E-state index contributed by atoms with van der Waals surface area (Å²) in [5, 5.41) is 24.8. The highest BCUT2D eigenvalue weighted by Crippen LogP contribution is 2.33. The predicted molar refractivity (Wildman–Crippen MR) is 150 cm³/mol. The number of amides is 2. The number of anilines is 1. The first-order valence-corrected chi connectivity index (χ1v) is 13.4. The van der Waals surface area contributed by atoms with Gasteiger partial charge in [0, 0.05) is 16.5 Å². The first-order chi connectivity index (χ1) is 22.4. The van der Waals surface area contributed by atoms with E-state index in [1.807, 2.05) is 0 Å². The number of carboxylic acid groups (broad SMARTS) is 1. The average Bonchev–Trinajstić information content (AvgIpc) is 3.49. The smallest absolute Gasteiger partial charge is 0.475 e. The minimum Gasteiger partial charge on any atom is -0.475 e. The van der Waals surface area contributed by atoms with Gasteiger partial charge in [0.05, 0.1) is 62.2 Å². The lowest BCUT2D eigenvalue weighted by Gasteiger charge is -2.20. The maximum Gasteiger partial charge on any atom is 0.490 e. The van der Waals surface area contributed by atoms with Crippen molar-refractivity contribution in [3.05, 3.63) is 59.0 Å². The van der Waals surface area contributed by atoms with Crippen molar-refractivity contribution in [2.75, 3.05) is 32.1 Å². The Morgan fingerprint density at radius 2 is 1.79 bits per heavy atom. The highest BCUT2D eigenvalue weighted by Gasteiger charge is 2.38. The van der Waals surface area contributed by atoms with Crippen LogP contribution in [0, 0.1) is 5.82 Å². The number of ether oxygens (including phenoxy) is 1. The third-order valence-electron chi connectivity index (χ3n) is 6.30. The van der Waals surface area contributed by atoms with E-state index in [4.69, 9.17) is 9.90 Å². The standard InChI is InChI=1S/C25H24F5N7O4.C2HF3O2/c1-41-22(39)7-19(15-6-13(25(28,29)30)2-3-17(15)27)35-21(38)11-31-23(40)12-4-18(16-10-34-37-20(16)5-12)36-24-32-8-14(26)9-33-24;3-2(4,5)1(6)7/h2-6,10,14,19H,7-9,11H2,1H3,(H,31,40)(H,34,37)(H,35,38)(H2,32,33,36);(H,6,7)/t19-;/m0./s1. The summed E-state index contributed by atoms with van der Waals surface area (Å²) in [7, 11) is 1.03. The number of hydrogen-bond donors (Lipinski definition) is 6. The molecular formula is C27H25F8N7O6. The third kappa shape index (κ3) is 10.3. The molecule has 1 aliphatic rings. The van der Waals surface area contributed by atoms with Gasteiger partial charge in [0.15, 0.2) is 5.96 Å². The molecule has 6 N–H and O–H groups in total. The molecule has 1 aromatic heterocycles. The number of nitrogens with one attached hydrogen (secondary N) is 5. The van der Waals surface area contributed by atoms with Crippen LogP contribution in [0.25, 0.3) is 10.9 Å². The van der Waals surface area contributed by atoms with Gasteiger partial charge in [0.25, 0.3) is 5.91 Å². The molecule has 1 unspecified atom stereocenters. The summed E-state index contributed by atoms with van der Waals surface area (Å²) in [6.45, 7) is -0.648. The lowest BCUT2D eigenvalue weighted by Crippen LogP contribution is -2.41. The van der Waals surface area contributed by atoms with E-state index in [0.29, 0.717) is 34.8 Å². The van der Waals surface area contributed by atoms with Gasteiger partial charge in [0.1, 0.15) is 12.0 Å². The Hall–Kier alpha value is -5.50. The fraction of sp³-hybridized carbons (Fsp3) is 0.333. The Balaban J connectivity index is 0.000000804. The minimum absolute atomic E-state index is 0.0411. The molecule has 0 saturated heterocycles. The number of halogens is 8. The summed E-state index contributed by atoms with van der Waals surface area (Å²) in [6, 6.07) is 3.01. The maximum atomic E-state index is 14.5. The molecule has 2 atom stereocenters. The molecule has 1 aliphatic heterocycles. The molecular weight excluding hydrogens is 670 g/mol. The summed E-state index contributed by atoms with van der Waals surface area (Å²) in [6.07, 6.45) is -10.2. The second-order valence-corrected chi connectivity index (χ2v) is 9.77.